The molecule has 1 amide bonds. The van der Waals surface area contributed by atoms with Crippen molar-refractivity contribution in [3.63, 3.8) is 0 Å². The average molecular weight is 435 g/mol. The summed E-state index contributed by atoms with van der Waals surface area (Å²) < 4.78 is 45.6. The Hall–Kier alpha value is -2.45. The van der Waals surface area contributed by atoms with Crippen molar-refractivity contribution in [1.29, 1.82) is 0 Å². The number of amides is 1. The van der Waals surface area contributed by atoms with Crippen LogP contribution in [0.3, 0.4) is 0 Å². The zero-order valence-electron chi connectivity index (χ0n) is 17.0. The molecule has 162 valence electrons. The van der Waals surface area contributed by atoms with Gasteiger partial charge >= 0.3 is 0 Å². The van der Waals surface area contributed by atoms with Crippen molar-refractivity contribution in [3.05, 3.63) is 59.9 Å². The Bertz CT molecular complexity index is 955. The highest BCUT2D eigenvalue weighted by molar-refractivity contribution is 7.89. The largest absolute Gasteiger partial charge is 0.497 e. The Kier molecular flexibility index (Phi) is 7.44. The summed E-state index contributed by atoms with van der Waals surface area (Å²) in [5.74, 6) is -0.213. The molecular weight excluding hydrogens is 407 g/mol. The second kappa shape index (κ2) is 10.0. The molecule has 0 bridgehead atoms. The summed E-state index contributed by atoms with van der Waals surface area (Å²) in [5.41, 5.74) is 1.18. The molecule has 6 nitrogen and oxygen atoms in total. The van der Waals surface area contributed by atoms with E-state index in [0.29, 0.717) is 19.4 Å². The zero-order valence-corrected chi connectivity index (χ0v) is 17.8. The number of ether oxygens (including phenoxy) is 1. The minimum absolute atomic E-state index is 0.0485. The highest BCUT2D eigenvalue weighted by Gasteiger charge is 2.33. The van der Waals surface area contributed by atoms with E-state index in [4.69, 9.17) is 4.74 Å². The fourth-order valence-electron chi connectivity index (χ4n) is 3.59. The molecule has 3 rings (SSSR count). The van der Waals surface area contributed by atoms with E-state index in [1.54, 1.807) is 7.11 Å². The number of carbonyl (C=O) groups is 1. The Morgan fingerprint density at radius 1 is 1.13 bits per heavy atom. The van der Waals surface area contributed by atoms with E-state index >= 15 is 0 Å². The van der Waals surface area contributed by atoms with E-state index in [-0.39, 0.29) is 29.8 Å². The second-order valence-electron chi connectivity index (χ2n) is 7.35. The molecule has 2 aromatic carbocycles. The van der Waals surface area contributed by atoms with Crippen molar-refractivity contribution in [2.45, 2.75) is 30.6 Å². The van der Waals surface area contributed by atoms with Gasteiger partial charge in [0.05, 0.1) is 7.11 Å². The Balaban J connectivity index is 1.43. The number of hydrogen-bond acceptors (Lipinski definition) is 4. The summed E-state index contributed by atoms with van der Waals surface area (Å²) >= 11 is 0. The first-order chi connectivity index (χ1) is 14.4. The molecule has 0 saturated carbocycles. The molecule has 1 fully saturated rings. The summed E-state index contributed by atoms with van der Waals surface area (Å²) in [6.45, 7) is 0.986. The lowest BCUT2D eigenvalue weighted by molar-refractivity contribution is -0.126. The zero-order chi connectivity index (χ0) is 21.6. The summed E-state index contributed by atoms with van der Waals surface area (Å²) in [5, 5.41) is 2.95. The van der Waals surface area contributed by atoms with Gasteiger partial charge in [-0.25, -0.2) is 12.8 Å². The SMILES string of the molecule is COc1ccc(CCCNC(=O)C2CCN(S(=O)(=O)c3ccccc3F)CC2)cc1. The van der Waals surface area contributed by atoms with Crippen LogP contribution in [0.4, 0.5) is 4.39 Å². The highest BCUT2D eigenvalue weighted by Crippen LogP contribution is 2.25. The van der Waals surface area contributed by atoms with Crippen LogP contribution in [-0.2, 0) is 21.2 Å². The molecule has 0 spiro atoms. The number of piperidine rings is 1. The Morgan fingerprint density at radius 2 is 1.80 bits per heavy atom. The van der Waals surface area contributed by atoms with Gasteiger partial charge in [0.1, 0.15) is 16.5 Å². The van der Waals surface area contributed by atoms with Crippen LogP contribution < -0.4 is 10.1 Å². The van der Waals surface area contributed by atoms with Crippen LogP contribution >= 0.6 is 0 Å². The molecule has 0 atom stereocenters. The molecule has 1 aliphatic rings. The van der Waals surface area contributed by atoms with Crippen molar-refractivity contribution < 1.29 is 22.3 Å². The van der Waals surface area contributed by atoms with E-state index in [1.807, 2.05) is 24.3 Å². The third kappa shape index (κ3) is 5.37. The molecule has 1 heterocycles. The number of nitrogens with one attached hydrogen (secondary N) is 1. The Morgan fingerprint density at radius 3 is 2.43 bits per heavy atom. The molecule has 1 N–H and O–H groups in total. The second-order valence-corrected chi connectivity index (χ2v) is 9.26. The number of methoxy groups -OCH3 is 1. The summed E-state index contributed by atoms with van der Waals surface area (Å²) in [7, 11) is -2.25. The molecule has 8 heteroatoms. The van der Waals surface area contributed by atoms with Crippen molar-refractivity contribution in [3.8, 4) is 5.75 Å². The molecule has 0 radical (unpaired) electrons. The van der Waals surface area contributed by atoms with Crippen molar-refractivity contribution in [2.24, 2.45) is 5.92 Å². The maximum absolute atomic E-state index is 13.9. The van der Waals surface area contributed by atoms with Crippen molar-refractivity contribution in [2.75, 3.05) is 26.7 Å². The third-order valence-electron chi connectivity index (χ3n) is 5.38. The van der Waals surface area contributed by atoms with Gasteiger partial charge in [0.2, 0.25) is 15.9 Å². The average Bonchev–Trinajstić information content (AvgIpc) is 2.77. The van der Waals surface area contributed by atoms with Crippen LogP contribution in [0.1, 0.15) is 24.8 Å². The number of halogens is 1. The molecule has 1 aliphatic heterocycles. The number of carbonyl (C=O) groups excluding carboxylic acids is 1. The predicted molar refractivity (Wildman–Crippen MR) is 112 cm³/mol. The van der Waals surface area contributed by atoms with Crippen molar-refractivity contribution in [1.82, 2.24) is 9.62 Å². The van der Waals surface area contributed by atoms with Gasteiger partial charge in [0, 0.05) is 25.6 Å². The number of benzene rings is 2. The maximum atomic E-state index is 13.9. The Labute approximate surface area is 177 Å². The van der Waals surface area contributed by atoms with Gasteiger partial charge in [-0.2, -0.15) is 4.31 Å². The number of rotatable bonds is 8. The van der Waals surface area contributed by atoms with Crippen LogP contribution in [0.2, 0.25) is 0 Å². The van der Waals surface area contributed by atoms with E-state index < -0.39 is 15.8 Å². The van der Waals surface area contributed by atoms with E-state index in [1.165, 1.54) is 28.1 Å². The molecule has 1 saturated heterocycles. The first kappa shape index (κ1) is 22.2. The highest BCUT2D eigenvalue weighted by atomic mass is 32.2. The maximum Gasteiger partial charge on any atom is 0.245 e. The molecule has 30 heavy (non-hydrogen) atoms. The van der Waals surface area contributed by atoms with Crippen LogP contribution in [0, 0.1) is 11.7 Å². The van der Waals surface area contributed by atoms with Gasteiger partial charge in [0.15, 0.2) is 0 Å². The van der Waals surface area contributed by atoms with Crippen LogP contribution in [0.5, 0.6) is 5.75 Å². The third-order valence-corrected chi connectivity index (χ3v) is 7.31. The summed E-state index contributed by atoms with van der Waals surface area (Å²) in [4.78, 5) is 12.1. The topological polar surface area (TPSA) is 75.7 Å². The summed E-state index contributed by atoms with van der Waals surface area (Å²) in [6, 6.07) is 13.2. The van der Waals surface area contributed by atoms with Crippen LogP contribution in [0.25, 0.3) is 0 Å². The first-order valence-corrected chi connectivity index (χ1v) is 11.5. The predicted octanol–water partition coefficient (Wildman–Crippen LogP) is 2.98. The molecule has 0 aromatic heterocycles. The quantitative estimate of drug-likeness (QED) is 0.648. The molecule has 0 aliphatic carbocycles. The number of nitrogens with zero attached hydrogens (tertiary/aromatic N) is 1. The van der Waals surface area contributed by atoms with Gasteiger partial charge in [0.25, 0.3) is 0 Å². The molecular formula is C22H27FN2O4S. The van der Waals surface area contributed by atoms with Crippen LogP contribution in [-0.4, -0.2) is 45.4 Å². The first-order valence-electron chi connectivity index (χ1n) is 10.1. The minimum atomic E-state index is -3.88. The molecule has 0 unspecified atom stereocenters. The standard InChI is InChI=1S/C22H27FN2O4S/c1-29-19-10-8-17(9-11-19)5-4-14-24-22(26)18-12-15-25(16-13-18)30(27,28)21-7-3-2-6-20(21)23/h2-3,6-11,18H,4-5,12-16H2,1H3,(H,24,26). The van der Waals surface area contributed by atoms with Gasteiger partial charge < -0.3 is 10.1 Å². The van der Waals surface area contributed by atoms with Gasteiger partial charge in [-0.15, -0.1) is 0 Å². The number of sulfonamides is 1. The monoisotopic (exact) mass is 434 g/mol. The minimum Gasteiger partial charge on any atom is -0.497 e. The van der Waals surface area contributed by atoms with Crippen LogP contribution in [0.15, 0.2) is 53.4 Å². The lowest BCUT2D eigenvalue weighted by Gasteiger charge is -2.30. The van der Waals surface area contributed by atoms with Gasteiger partial charge in [-0.05, 0) is 55.5 Å². The smallest absolute Gasteiger partial charge is 0.245 e. The fraction of sp³-hybridized carbons (Fsp3) is 0.409. The lowest BCUT2D eigenvalue weighted by Crippen LogP contribution is -2.43. The number of hydrogen-bond donors (Lipinski definition) is 1. The number of aryl methyl sites for hydroxylation is 1. The summed E-state index contributed by atoms with van der Waals surface area (Å²) in [6.07, 6.45) is 2.53. The van der Waals surface area contributed by atoms with Gasteiger partial charge in [-0.1, -0.05) is 24.3 Å². The van der Waals surface area contributed by atoms with E-state index in [9.17, 15) is 17.6 Å². The van der Waals surface area contributed by atoms with E-state index in [0.717, 1.165) is 24.7 Å². The normalized spacial score (nSPS) is 15.7. The fourth-order valence-corrected chi connectivity index (χ4v) is 5.13. The van der Waals surface area contributed by atoms with E-state index in [2.05, 4.69) is 5.32 Å². The molecule has 2 aromatic rings. The van der Waals surface area contributed by atoms with Crippen molar-refractivity contribution >= 4 is 15.9 Å². The van der Waals surface area contributed by atoms with Gasteiger partial charge in [-0.3, -0.25) is 4.79 Å². The lowest BCUT2D eigenvalue weighted by atomic mass is 9.97.